The monoisotopic (exact) mass is 445 g/mol. The second-order valence-corrected chi connectivity index (χ2v) is 8.91. The Morgan fingerprint density at radius 2 is 1.82 bits per heavy atom. The number of carbonyl (C=O) groups excluding carboxylic acids is 2. The summed E-state index contributed by atoms with van der Waals surface area (Å²) in [7, 11) is 3.51. The van der Waals surface area contributed by atoms with Gasteiger partial charge in [-0.1, -0.05) is 42.5 Å². The van der Waals surface area contributed by atoms with Gasteiger partial charge in [-0.05, 0) is 48.6 Å². The summed E-state index contributed by atoms with van der Waals surface area (Å²) >= 11 is 0. The Hall–Kier alpha value is -3.54. The number of rotatable bonds is 5. The smallest absolute Gasteiger partial charge is 0.255 e. The van der Waals surface area contributed by atoms with Crippen molar-refractivity contribution in [2.24, 2.45) is 5.41 Å². The van der Waals surface area contributed by atoms with Crippen LogP contribution < -0.4 is 0 Å². The van der Waals surface area contributed by atoms with E-state index in [0.29, 0.717) is 37.1 Å². The van der Waals surface area contributed by atoms with Gasteiger partial charge in [-0.2, -0.15) is 0 Å². The van der Waals surface area contributed by atoms with E-state index in [4.69, 9.17) is 0 Å². The fourth-order valence-electron chi connectivity index (χ4n) is 4.73. The molecule has 170 valence electrons. The second kappa shape index (κ2) is 9.53. The highest BCUT2D eigenvalue weighted by Gasteiger charge is 2.44. The maximum atomic E-state index is 14.2. The number of hydrogen-bond donors (Lipinski definition) is 0. The molecule has 1 saturated heterocycles. The Kier molecular flexibility index (Phi) is 6.54. The van der Waals surface area contributed by atoms with Crippen molar-refractivity contribution in [2.75, 3.05) is 27.2 Å². The average molecular weight is 446 g/mol. The van der Waals surface area contributed by atoms with Crippen LogP contribution in [0.2, 0.25) is 0 Å². The predicted octanol–water partition coefficient (Wildman–Crippen LogP) is 4.44. The van der Waals surface area contributed by atoms with Gasteiger partial charge in [0.05, 0.1) is 11.0 Å². The topological polar surface area (TPSA) is 53.5 Å². The van der Waals surface area contributed by atoms with Crippen LogP contribution in [0, 0.1) is 11.2 Å². The number of piperidine rings is 1. The minimum Gasteiger partial charge on any atom is -0.348 e. The highest BCUT2D eigenvalue weighted by atomic mass is 19.1. The fourth-order valence-corrected chi connectivity index (χ4v) is 4.73. The van der Waals surface area contributed by atoms with E-state index in [0.717, 1.165) is 17.5 Å². The minimum atomic E-state index is -0.709. The number of likely N-dealkylation sites (tertiary alicyclic amines) is 1. The van der Waals surface area contributed by atoms with Gasteiger partial charge in [0.2, 0.25) is 5.91 Å². The van der Waals surface area contributed by atoms with Gasteiger partial charge in [-0.25, -0.2) is 4.39 Å². The molecule has 2 aromatic carbocycles. The van der Waals surface area contributed by atoms with E-state index in [1.54, 1.807) is 60.6 Å². The van der Waals surface area contributed by atoms with Crippen LogP contribution >= 0.6 is 0 Å². The Morgan fingerprint density at radius 3 is 2.48 bits per heavy atom. The largest absolute Gasteiger partial charge is 0.348 e. The van der Waals surface area contributed by atoms with Crippen LogP contribution in [-0.4, -0.2) is 53.8 Å². The molecule has 2 amide bonds. The van der Waals surface area contributed by atoms with E-state index in [-0.39, 0.29) is 17.6 Å². The molecule has 5 nitrogen and oxygen atoms in total. The second-order valence-electron chi connectivity index (χ2n) is 8.91. The minimum absolute atomic E-state index is 0.0179. The third-order valence-corrected chi connectivity index (χ3v) is 6.31. The maximum Gasteiger partial charge on any atom is 0.255 e. The molecule has 4 rings (SSSR count). The number of carbonyl (C=O) groups is 2. The molecule has 6 heteroatoms. The van der Waals surface area contributed by atoms with Crippen LogP contribution in [0.4, 0.5) is 4.39 Å². The van der Waals surface area contributed by atoms with E-state index < -0.39 is 5.41 Å². The molecule has 2 heterocycles. The lowest BCUT2D eigenvalue weighted by Gasteiger charge is -2.43. The molecule has 0 aliphatic carbocycles. The maximum absolute atomic E-state index is 14.2. The summed E-state index contributed by atoms with van der Waals surface area (Å²) < 4.78 is 14.2. The molecule has 3 aromatic rings. The summed E-state index contributed by atoms with van der Waals surface area (Å²) in [4.78, 5) is 33.9. The number of aromatic nitrogens is 1. The highest BCUT2D eigenvalue weighted by Crippen LogP contribution is 2.36. The first-order valence-electron chi connectivity index (χ1n) is 11.1. The van der Waals surface area contributed by atoms with E-state index in [2.05, 4.69) is 4.98 Å². The van der Waals surface area contributed by atoms with Crippen LogP contribution in [0.25, 0.3) is 11.1 Å². The molecular formula is C27H28FN3O2. The summed E-state index contributed by atoms with van der Waals surface area (Å²) in [6.07, 6.45) is 5.17. The summed E-state index contributed by atoms with van der Waals surface area (Å²) in [5.74, 6) is -0.348. The van der Waals surface area contributed by atoms with Crippen LogP contribution in [0.3, 0.4) is 0 Å². The number of halogens is 1. The van der Waals surface area contributed by atoms with E-state index in [1.807, 2.05) is 30.3 Å². The third-order valence-electron chi connectivity index (χ3n) is 6.31. The van der Waals surface area contributed by atoms with Crippen molar-refractivity contribution in [3.8, 4) is 11.1 Å². The SMILES string of the molecule is CN(C)C(=O)[C@@]1(Cc2ccc(-c3ccccc3F)cc2)CCCN(C(=O)c2cccnc2)C1. The molecule has 0 spiro atoms. The van der Waals surface area contributed by atoms with Crippen molar-refractivity contribution < 1.29 is 14.0 Å². The van der Waals surface area contributed by atoms with Gasteiger partial charge >= 0.3 is 0 Å². The van der Waals surface area contributed by atoms with Crippen molar-refractivity contribution in [1.82, 2.24) is 14.8 Å². The van der Waals surface area contributed by atoms with Gasteiger partial charge in [0.25, 0.3) is 5.91 Å². The van der Waals surface area contributed by atoms with Crippen molar-refractivity contribution in [1.29, 1.82) is 0 Å². The fraction of sp³-hybridized carbons (Fsp3) is 0.296. The highest BCUT2D eigenvalue weighted by molar-refractivity contribution is 5.94. The summed E-state index contributed by atoms with van der Waals surface area (Å²) in [6.45, 7) is 0.967. The zero-order valence-electron chi connectivity index (χ0n) is 19.0. The molecular weight excluding hydrogens is 417 g/mol. The molecule has 1 fully saturated rings. The third kappa shape index (κ3) is 4.80. The van der Waals surface area contributed by atoms with Crippen molar-refractivity contribution in [3.63, 3.8) is 0 Å². The first-order chi connectivity index (χ1) is 15.9. The van der Waals surface area contributed by atoms with Gasteiger partial charge in [0.1, 0.15) is 5.82 Å². The molecule has 0 radical (unpaired) electrons. The molecule has 1 aliphatic rings. The predicted molar refractivity (Wildman–Crippen MR) is 126 cm³/mol. The van der Waals surface area contributed by atoms with Crippen molar-refractivity contribution >= 4 is 11.8 Å². The zero-order chi connectivity index (χ0) is 23.4. The number of benzene rings is 2. The van der Waals surface area contributed by atoms with Crippen molar-refractivity contribution in [2.45, 2.75) is 19.3 Å². The molecule has 0 N–H and O–H groups in total. The molecule has 33 heavy (non-hydrogen) atoms. The lowest BCUT2D eigenvalue weighted by molar-refractivity contribution is -0.142. The van der Waals surface area contributed by atoms with E-state index in [1.165, 1.54) is 6.07 Å². The van der Waals surface area contributed by atoms with Gasteiger partial charge in [-0.15, -0.1) is 0 Å². The average Bonchev–Trinajstić information content (AvgIpc) is 2.84. The van der Waals surface area contributed by atoms with Crippen molar-refractivity contribution in [3.05, 3.63) is 90.0 Å². The number of nitrogens with zero attached hydrogens (tertiary/aromatic N) is 3. The molecule has 0 bridgehead atoms. The van der Waals surface area contributed by atoms with Crippen LogP contribution in [0.5, 0.6) is 0 Å². The molecule has 1 aromatic heterocycles. The van der Waals surface area contributed by atoms with Gasteiger partial charge < -0.3 is 9.80 Å². The summed E-state index contributed by atoms with van der Waals surface area (Å²) in [5, 5.41) is 0. The summed E-state index contributed by atoms with van der Waals surface area (Å²) in [5.41, 5.74) is 2.15. The van der Waals surface area contributed by atoms with E-state index >= 15 is 0 Å². The normalized spacial score (nSPS) is 18.1. The first-order valence-corrected chi connectivity index (χ1v) is 11.1. The lowest BCUT2D eigenvalue weighted by Crippen LogP contribution is -2.54. The van der Waals surface area contributed by atoms with E-state index in [9.17, 15) is 14.0 Å². The quantitative estimate of drug-likeness (QED) is 0.583. The van der Waals surface area contributed by atoms with Crippen LogP contribution in [-0.2, 0) is 11.2 Å². The zero-order valence-corrected chi connectivity index (χ0v) is 19.0. The van der Waals surface area contributed by atoms with Gasteiger partial charge in [0, 0.05) is 45.1 Å². The number of hydrogen-bond acceptors (Lipinski definition) is 3. The Bertz CT molecular complexity index is 1130. The van der Waals surface area contributed by atoms with Crippen LogP contribution in [0.1, 0.15) is 28.8 Å². The summed E-state index contributed by atoms with van der Waals surface area (Å²) in [6, 6.07) is 17.9. The molecule has 1 atom stereocenters. The van der Waals surface area contributed by atoms with Gasteiger partial charge in [0.15, 0.2) is 0 Å². The Labute approximate surface area is 193 Å². The Balaban J connectivity index is 1.60. The lowest BCUT2D eigenvalue weighted by atomic mass is 9.73. The van der Waals surface area contributed by atoms with Crippen LogP contribution in [0.15, 0.2) is 73.1 Å². The standard InChI is InChI=1S/C27H28FN3O2/c1-30(2)26(33)27(14-6-16-31(19-27)25(32)22-7-5-15-29-18-22)17-20-10-12-21(13-11-20)23-8-3-4-9-24(23)28/h3-5,7-13,15,18H,6,14,16-17,19H2,1-2H3/t27-/m1/s1. The molecule has 0 saturated carbocycles. The molecule has 1 aliphatic heterocycles. The number of pyridine rings is 1. The first kappa shape index (κ1) is 22.6. The Morgan fingerprint density at radius 1 is 1.06 bits per heavy atom. The molecule has 0 unspecified atom stereocenters. The van der Waals surface area contributed by atoms with Gasteiger partial charge in [-0.3, -0.25) is 14.6 Å². The number of amides is 2.